The second kappa shape index (κ2) is 9.52. The van der Waals surface area contributed by atoms with Crippen LogP contribution in [0.4, 0.5) is 32.0 Å². The summed E-state index contributed by atoms with van der Waals surface area (Å²) in [5.41, 5.74) is -3.08. The summed E-state index contributed by atoms with van der Waals surface area (Å²) >= 11 is 5.26. The Morgan fingerprint density at radius 1 is 0.871 bits per heavy atom. The van der Waals surface area contributed by atoms with Crippen LogP contribution in [0.15, 0.2) is 18.2 Å². The van der Waals surface area contributed by atoms with Crippen molar-refractivity contribution in [2.45, 2.75) is 81.8 Å². The summed E-state index contributed by atoms with van der Waals surface area (Å²) in [6.07, 6.45) is -1.18. The van der Waals surface area contributed by atoms with Crippen LogP contribution in [0, 0.1) is 0 Å². The van der Waals surface area contributed by atoms with Gasteiger partial charge in [-0.25, -0.2) is 0 Å². The second-order valence-corrected chi connectivity index (χ2v) is 8.86. The fraction of sp³-hybridized carbons (Fsp3) is 0.667. The molecule has 2 N–H and O–H groups in total. The maximum absolute atomic E-state index is 13.1. The molecule has 0 unspecified atom stereocenters. The van der Waals surface area contributed by atoms with Crippen LogP contribution in [0.25, 0.3) is 0 Å². The minimum atomic E-state index is -4.90. The van der Waals surface area contributed by atoms with E-state index < -0.39 is 23.5 Å². The zero-order valence-corrected chi connectivity index (χ0v) is 18.1. The first-order valence-corrected chi connectivity index (χ1v) is 10.9. The molecule has 0 radical (unpaired) electrons. The third kappa shape index (κ3) is 6.25. The lowest BCUT2D eigenvalue weighted by molar-refractivity contribution is -0.143. The van der Waals surface area contributed by atoms with Gasteiger partial charge >= 0.3 is 12.4 Å². The molecule has 1 aromatic carbocycles. The Morgan fingerprint density at radius 3 is 1.94 bits per heavy atom. The van der Waals surface area contributed by atoms with Gasteiger partial charge in [0, 0.05) is 23.8 Å². The second-order valence-electron chi connectivity index (χ2n) is 8.46. The Kier molecular flexibility index (Phi) is 7.40. The van der Waals surface area contributed by atoms with Crippen LogP contribution in [0.2, 0.25) is 0 Å². The fourth-order valence-electron chi connectivity index (χ4n) is 4.71. The van der Waals surface area contributed by atoms with E-state index in [-0.39, 0.29) is 28.9 Å². The highest BCUT2D eigenvalue weighted by molar-refractivity contribution is 7.80. The largest absolute Gasteiger partial charge is 0.416 e. The highest BCUT2D eigenvalue weighted by Gasteiger charge is 2.37. The molecule has 0 spiro atoms. The van der Waals surface area contributed by atoms with Gasteiger partial charge in [-0.2, -0.15) is 26.3 Å². The number of alkyl halides is 6. The molecule has 0 heterocycles. The van der Waals surface area contributed by atoms with Crippen molar-refractivity contribution in [3.63, 3.8) is 0 Å². The molecule has 2 atom stereocenters. The Balaban J connectivity index is 1.73. The number of benzene rings is 1. The van der Waals surface area contributed by atoms with E-state index in [0.717, 1.165) is 38.5 Å². The number of rotatable bonds is 4. The van der Waals surface area contributed by atoms with Crippen LogP contribution < -0.4 is 10.6 Å². The van der Waals surface area contributed by atoms with Crippen molar-refractivity contribution < 1.29 is 26.3 Å². The number of likely N-dealkylation sites (N-methyl/N-ethyl adjacent to an activating group) is 1. The predicted molar refractivity (Wildman–Crippen MR) is 112 cm³/mol. The molecule has 174 valence electrons. The molecule has 1 aromatic rings. The van der Waals surface area contributed by atoms with E-state index in [9.17, 15) is 26.3 Å². The smallest absolute Gasteiger partial charge is 0.358 e. The normalized spacial score (nSPS) is 23.2. The first kappa shape index (κ1) is 24.1. The number of halogens is 6. The van der Waals surface area contributed by atoms with Crippen molar-refractivity contribution in [3.8, 4) is 0 Å². The fourth-order valence-corrected chi connectivity index (χ4v) is 4.98. The molecule has 0 aromatic heterocycles. The lowest BCUT2D eigenvalue weighted by atomic mass is 9.88. The Labute approximate surface area is 183 Å². The van der Waals surface area contributed by atoms with E-state index in [1.54, 1.807) is 0 Å². The van der Waals surface area contributed by atoms with Crippen LogP contribution in [0.1, 0.15) is 62.5 Å². The highest BCUT2D eigenvalue weighted by Crippen LogP contribution is 2.37. The van der Waals surface area contributed by atoms with Crippen molar-refractivity contribution >= 4 is 23.0 Å². The van der Waals surface area contributed by atoms with Crippen molar-refractivity contribution in [1.29, 1.82) is 0 Å². The molecule has 10 heteroatoms. The number of nitrogens with zero attached hydrogens (tertiary/aromatic N) is 1. The number of hydrogen-bond donors (Lipinski definition) is 2. The molecule has 31 heavy (non-hydrogen) atoms. The van der Waals surface area contributed by atoms with Crippen molar-refractivity contribution in [2.75, 3.05) is 12.4 Å². The predicted octanol–water partition coefficient (Wildman–Crippen LogP) is 6.20. The molecule has 2 aliphatic carbocycles. The molecule has 0 bridgehead atoms. The van der Waals surface area contributed by atoms with Gasteiger partial charge in [0.25, 0.3) is 0 Å². The summed E-state index contributed by atoms with van der Waals surface area (Å²) in [6, 6.07) is 2.12. The first-order valence-electron chi connectivity index (χ1n) is 10.5. The lowest BCUT2D eigenvalue weighted by Gasteiger charge is -2.41. The van der Waals surface area contributed by atoms with Gasteiger partial charge in [-0.05, 0) is 63.1 Å². The van der Waals surface area contributed by atoms with Gasteiger partial charge in [0.15, 0.2) is 5.11 Å². The van der Waals surface area contributed by atoms with E-state index in [0.29, 0.717) is 18.2 Å². The summed E-state index contributed by atoms with van der Waals surface area (Å²) in [5, 5.41) is 5.73. The lowest BCUT2D eigenvalue weighted by Crippen LogP contribution is -2.55. The maximum Gasteiger partial charge on any atom is 0.416 e. The molecule has 3 rings (SSSR count). The monoisotopic (exact) mass is 467 g/mol. The van der Waals surface area contributed by atoms with Gasteiger partial charge in [-0.15, -0.1) is 0 Å². The van der Waals surface area contributed by atoms with Crippen LogP contribution >= 0.6 is 12.2 Å². The molecule has 2 saturated carbocycles. The van der Waals surface area contributed by atoms with Crippen molar-refractivity contribution in [3.05, 3.63) is 29.3 Å². The highest BCUT2D eigenvalue weighted by atomic mass is 32.1. The summed E-state index contributed by atoms with van der Waals surface area (Å²) in [6.45, 7) is 0. The van der Waals surface area contributed by atoms with Crippen LogP contribution in [-0.2, 0) is 12.4 Å². The van der Waals surface area contributed by atoms with E-state index in [2.05, 4.69) is 22.6 Å². The van der Waals surface area contributed by atoms with Crippen LogP contribution in [0.5, 0.6) is 0 Å². The third-order valence-corrected chi connectivity index (χ3v) is 6.54. The number of thiocarbonyl (C=S) groups is 1. The van der Waals surface area contributed by atoms with Gasteiger partial charge in [-0.1, -0.05) is 25.7 Å². The Bertz CT molecular complexity index is 741. The van der Waals surface area contributed by atoms with E-state index in [1.807, 2.05) is 0 Å². The van der Waals surface area contributed by atoms with Crippen molar-refractivity contribution in [1.82, 2.24) is 10.2 Å². The average Bonchev–Trinajstić information content (AvgIpc) is 3.21. The number of nitrogens with one attached hydrogen (secondary N) is 2. The van der Waals surface area contributed by atoms with E-state index in [1.165, 1.54) is 12.8 Å². The van der Waals surface area contributed by atoms with Gasteiger partial charge < -0.3 is 10.6 Å². The van der Waals surface area contributed by atoms with Gasteiger partial charge in [-0.3, -0.25) is 4.90 Å². The first-order chi connectivity index (χ1) is 14.4. The Morgan fingerprint density at radius 2 is 1.39 bits per heavy atom. The van der Waals surface area contributed by atoms with Gasteiger partial charge in [0.05, 0.1) is 11.1 Å². The molecule has 0 amide bonds. The summed E-state index contributed by atoms with van der Waals surface area (Å²) in [7, 11) is 2.10. The van der Waals surface area contributed by atoms with Gasteiger partial charge in [0.1, 0.15) is 0 Å². The number of hydrogen-bond acceptors (Lipinski definition) is 2. The van der Waals surface area contributed by atoms with Crippen LogP contribution in [-0.4, -0.2) is 35.2 Å². The summed E-state index contributed by atoms with van der Waals surface area (Å²) < 4.78 is 78.5. The number of anilines is 1. The van der Waals surface area contributed by atoms with Crippen molar-refractivity contribution in [2.24, 2.45) is 0 Å². The average molecular weight is 468 g/mol. The SMILES string of the molecule is CN(C1CCCC1)[C@H]1CCCC[C@@H]1NC(=S)Nc1cc(C(F)(F)F)cc(C(F)(F)F)c1. The topological polar surface area (TPSA) is 27.3 Å². The molecule has 2 fully saturated rings. The maximum atomic E-state index is 13.1. The standard InChI is InChI=1S/C21H27F6N3S/c1-30(16-6-2-3-7-16)18-9-5-4-8-17(18)29-19(31)28-15-11-13(20(22,23)24)10-14(12-15)21(25,26)27/h10-12,16-18H,2-9H2,1H3,(H2,28,29,31)/t17-,18-/m0/s1. The zero-order valence-electron chi connectivity index (χ0n) is 17.2. The molecular formula is C21H27F6N3S. The summed E-state index contributed by atoms with van der Waals surface area (Å²) in [4.78, 5) is 2.37. The van der Waals surface area contributed by atoms with Crippen LogP contribution in [0.3, 0.4) is 0 Å². The van der Waals surface area contributed by atoms with E-state index in [4.69, 9.17) is 12.2 Å². The molecular weight excluding hydrogens is 440 g/mol. The quantitative estimate of drug-likeness (QED) is 0.408. The summed E-state index contributed by atoms with van der Waals surface area (Å²) in [5.74, 6) is 0. The minimum Gasteiger partial charge on any atom is -0.358 e. The molecule has 0 saturated heterocycles. The van der Waals surface area contributed by atoms with E-state index >= 15 is 0 Å². The molecule has 2 aliphatic rings. The Hall–Kier alpha value is -1.55. The molecule has 0 aliphatic heterocycles. The zero-order chi connectivity index (χ0) is 22.8. The minimum absolute atomic E-state index is 0.00719. The molecule has 3 nitrogen and oxygen atoms in total. The van der Waals surface area contributed by atoms with Gasteiger partial charge in [0.2, 0.25) is 0 Å². The third-order valence-electron chi connectivity index (χ3n) is 6.32.